The molecule has 0 bridgehead atoms. The molecule has 0 aromatic rings. The molecule has 2 nitrogen and oxygen atoms in total. The van der Waals surface area contributed by atoms with Gasteiger partial charge >= 0.3 is 0 Å². The lowest BCUT2D eigenvalue weighted by Gasteiger charge is -2.30. The summed E-state index contributed by atoms with van der Waals surface area (Å²) >= 11 is 0. The summed E-state index contributed by atoms with van der Waals surface area (Å²) in [5.74, 6) is 0.00754. The summed E-state index contributed by atoms with van der Waals surface area (Å²) in [5, 5.41) is 0. The van der Waals surface area contributed by atoms with Crippen molar-refractivity contribution in [2.75, 3.05) is 0 Å². The van der Waals surface area contributed by atoms with Crippen LogP contribution in [0.1, 0.15) is 130 Å². The molecule has 0 amide bonds. The first kappa shape index (κ1) is 24.7. The van der Waals surface area contributed by atoms with E-state index in [1.54, 1.807) is 0 Å². The Bertz CT molecular complexity index is 288. The predicted octanol–water partition coefficient (Wildman–Crippen LogP) is 6.49. The van der Waals surface area contributed by atoms with Crippen LogP contribution < -0.4 is 0 Å². The van der Waals surface area contributed by atoms with Gasteiger partial charge in [-0.25, -0.2) is 0 Å². The smallest absolute Gasteiger partial charge is 0.291 e. The van der Waals surface area contributed by atoms with Crippen LogP contribution in [0.3, 0.4) is 0 Å². The molecule has 0 fully saturated rings. The molecule has 0 unspecified atom stereocenters. The monoisotopic (exact) mass is 370 g/mol. The Balaban J connectivity index is 4.11. The van der Waals surface area contributed by atoms with Crippen molar-refractivity contribution in [2.24, 2.45) is 5.41 Å². The van der Waals surface area contributed by atoms with Crippen LogP contribution in [0.5, 0.6) is 0 Å². The summed E-state index contributed by atoms with van der Waals surface area (Å²) in [7, 11) is 0.535. The molecule has 0 spiro atoms. The summed E-state index contributed by atoms with van der Waals surface area (Å²) in [6.45, 7) is 7.03. The second kappa shape index (κ2) is 17.1. The van der Waals surface area contributed by atoms with Crippen LogP contribution in [0.25, 0.3) is 0 Å². The van der Waals surface area contributed by atoms with Crippen LogP contribution in [0, 0.1) is 5.41 Å². The van der Waals surface area contributed by atoms with E-state index in [1.165, 1.54) is 96.3 Å². The zero-order valence-corrected chi connectivity index (χ0v) is 19.8. The lowest BCUT2D eigenvalue weighted by Crippen LogP contribution is -2.17. The van der Waals surface area contributed by atoms with Crippen molar-refractivity contribution in [2.45, 2.75) is 130 Å². The first-order valence-electron chi connectivity index (χ1n) is 11.1. The average molecular weight is 371 g/mol. The van der Waals surface area contributed by atoms with Crippen molar-refractivity contribution in [1.29, 1.82) is 0 Å². The second-order valence-electron chi connectivity index (χ2n) is 8.28. The number of hydrogen-bond donors (Lipinski definition) is 0. The Kier molecular flexibility index (Phi) is 16.9. The number of carbonyl (C=O) groups excluding carboxylic acids is 1. The van der Waals surface area contributed by atoms with E-state index in [9.17, 15) is 4.79 Å². The molecule has 0 aliphatic carbocycles. The summed E-state index contributed by atoms with van der Waals surface area (Å²) in [6.07, 6.45) is 22.0. The molecule has 0 heterocycles. The lowest BCUT2D eigenvalue weighted by molar-refractivity contribution is -0.134. The molecule has 0 atom stereocenters. The van der Waals surface area contributed by atoms with Gasteiger partial charge in [-0.05, 0) is 31.1 Å². The molecule has 25 heavy (non-hydrogen) atoms. The van der Waals surface area contributed by atoms with E-state index in [-0.39, 0.29) is 5.97 Å². The van der Waals surface area contributed by atoms with Crippen molar-refractivity contribution in [3.05, 3.63) is 0 Å². The van der Waals surface area contributed by atoms with E-state index in [1.807, 2.05) is 0 Å². The van der Waals surface area contributed by atoms with Gasteiger partial charge in [-0.15, -0.1) is 0 Å². The number of rotatable bonds is 18. The van der Waals surface area contributed by atoms with Crippen LogP contribution in [0.4, 0.5) is 0 Å². The Morgan fingerprint density at radius 2 is 1.12 bits per heavy atom. The van der Waals surface area contributed by atoms with Crippen LogP contribution in [0.2, 0.25) is 0 Å². The van der Waals surface area contributed by atoms with Gasteiger partial charge in [0.15, 0.2) is 0 Å². The number of unbranched alkanes of at least 4 members (excludes halogenated alkanes) is 10. The largest absolute Gasteiger partial charge is 0.529 e. The fourth-order valence-corrected chi connectivity index (χ4v) is 4.00. The highest BCUT2D eigenvalue weighted by Gasteiger charge is 2.23. The van der Waals surface area contributed by atoms with Crippen LogP contribution >= 0.6 is 0 Å². The van der Waals surface area contributed by atoms with E-state index >= 15 is 0 Å². The number of carbonyl (C=O) groups is 1. The third kappa shape index (κ3) is 15.6. The fourth-order valence-electron chi connectivity index (χ4n) is 3.80. The zero-order valence-electron chi connectivity index (χ0n) is 17.8. The first-order valence-corrected chi connectivity index (χ1v) is 12.0. The van der Waals surface area contributed by atoms with Crippen molar-refractivity contribution < 1.29 is 9.22 Å². The minimum atomic E-state index is 0.00754. The molecule has 0 radical (unpaired) electrons. The standard InChI is InChI=1S/C22H46O2Si/c1-4-6-8-10-12-14-18-22(3,20-16-17-21(23)24-25)19-15-13-11-9-7-5-2/h4-20H2,1-3,25H3. The molecule has 0 aliphatic rings. The van der Waals surface area contributed by atoms with Crippen molar-refractivity contribution in [1.82, 2.24) is 0 Å². The molecular weight excluding hydrogens is 324 g/mol. The van der Waals surface area contributed by atoms with Gasteiger partial charge in [-0.1, -0.05) is 97.8 Å². The molecule has 0 aromatic carbocycles. The molecule has 0 aromatic heterocycles. The molecular formula is C22H46O2Si. The predicted molar refractivity (Wildman–Crippen MR) is 114 cm³/mol. The van der Waals surface area contributed by atoms with Gasteiger partial charge in [0.25, 0.3) is 5.97 Å². The van der Waals surface area contributed by atoms with E-state index < -0.39 is 0 Å². The summed E-state index contributed by atoms with van der Waals surface area (Å²) in [5.41, 5.74) is 0.432. The van der Waals surface area contributed by atoms with Gasteiger partial charge in [0.2, 0.25) is 10.5 Å². The van der Waals surface area contributed by atoms with Gasteiger partial charge in [-0.3, -0.25) is 4.79 Å². The Morgan fingerprint density at radius 1 is 0.720 bits per heavy atom. The topological polar surface area (TPSA) is 26.3 Å². The zero-order chi connectivity index (χ0) is 18.8. The minimum Gasteiger partial charge on any atom is -0.529 e. The average Bonchev–Trinajstić information content (AvgIpc) is 2.61. The van der Waals surface area contributed by atoms with E-state index in [2.05, 4.69) is 20.8 Å². The van der Waals surface area contributed by atoms with Gasteiger partial charge < -0.3 is 4.43 Å². The normalized spacial score (nSPS) is 11.8. The van der Waals surface area contributed by atoms with Crippen LogP contribution in [-0.4, -0.2) is 16.5 Å². The van der Waals surface area contributed by atoms with E-state index in [0.717, 1.165) is 6.42 Å². The second-order valence-corrected chi connectivity index (χ2v) is 8.68. The van der Waals surface area contributed by atoms with E-state index in [4.69, 9.17) is 4.43 Å². The van der Waals surface area contributed by atoms with Gasteiger partial charge in [0, 0.05) is 6.42 Å². The maximum absolute atomic E-state index is 11.4. The third-order valence-corrected chi connectivity index (χ3v) is 6.11. The molecule has 0 N–H and O–H groups in total. The first-order chi connectivity index (χ1) is 12.1. The molecule has 150 valence electrons. The summed E-state index contributed by atoms with van der Waals surface area (Å²) < 4.78 is 4.94. The molecule has 0 aliphatic heterocycles. The van der Waals surface area contributed by atoms with Crippen LogP contribution in [0.15, 0.2) is 0 Å². The Labute approximate surface area is 161 Å². The third-order valence-electron chi connectivity index (χ3n) is 5.66. The highest BCUT2D eigenvalue weighted by Crippen LogP contribution is 2.36. The highest BCUT2D eigenvalue weighted by atomic mass is 28.2. The molecule has 3 heteroatoms. The van der Waals surface area contributed by atoms with Gasteiger partial charge in [0.05, 0.1) is 0 Å². The quantitative estimate of drug-likeness (QED) is 0.204. The lowest BCUT2D eigenvalue weighted by atomic mass is 9.76. The molecule has 0 rings (SSSR count). The Morgan fingerprint density at radius 3 is 1.56 bits per heavy atom. The van der Waals surface area contributed by atoms with Crippen molar-refractivity contribution in [3.8, 4) is 0 Å². The summed E-state index contributed by atoms with van der Waals surface area (Å²) in [4.78, 5) is 11.4. The van der Waals surface area contributed by atoms with Crippen molar-refractivity contribution in [3.63, 3.8) is 0 Å². The van der Waals surface area contributed by atoms with Crippen LogP contribution in [-0.2, 0) is 9.22 Å². The minimum absolute atomic E-state index is 0.00754. The molecule has 0 saturated carbocycles. The summed E-state index contributed by atoms with van der Waals surface area (Å²) in [6, 6.07) is 0. The SMILES string of the molecule is CCCCCCCCC(C)(CCCCCCCC)CCCC(=O)O[SiH3]. The maximum atomic E-state index is 11.4. The van der Waals surface area contributed by atoms with Gasteiger partial charge in [-0.2, -0.15) is 0 Å². The van der Waals surface area contributed by atoms with Crippen molar-refractivity contribution >= 4 is 16.5 Å². The highest BCUT2D eigenvalue weighted by molar-refractivity contribution is 6.05. The number of hydrogen-bond acceptors (Lipinski definition) is 2. The fraction of sp³-hybridized carbons (Fsp3) is 0.955. The van der Waals surface area contributed by atoms with Gasteiger partial charge in [0.1, 0.15) is 0 Å². The molecule has 0 saturated heterocycles. The maximum Gasteiger partial charge on any atom is 0.291 e. The van der Waals surface area contributed by atoms with E-state index in [0.29, 0.717) is 22.3 Å². The Hall–Kier alpha value is -0.313.